The van der Waals surface area contributed by atoms with E-state index in [4.69, 9.17) is 0 Å². The summed E-state index contributed by atoms with van der Waals surface area (Å²) in [6.45, 7) is 0. The van der Waals surface area contributed by atoms with E-state index in [9.17, 15) is 9.59 Å². The first kappa shape index (κ1) is 20.5. The molecule has 0 fully saturated rings. The van der Waals surface area contributed by atoms with Gasteiger partial charge in [-0.2, -0.15) is 0 Å². The molecule has 0 N–H and O–H groups in total. The normalized spacial score (nSPS) is 11.6. The molecule has 0 amide bonds. The van der Waals surface area contributed by atoms with E-state index >= 15 is 0 Å². The van der Waals surface area contributed by atoms with E-state index in [-0.39, 0.29) is 0 Å². The first-order chi connectivity index (χ1) is 17.8. The second-order valence-corrected chi connectivity index (χ2v) is 9.26. The highest BCUT2D eigenvalue weighted by atomic mass is 16.1. The largest absolute Gasteiger partial charge is 0.298 e. The summed E-state index contributed by atoms with van der Waals surface area (Å²) < 4.78 is 0. The fourth-order valence-electron chi connectivity index (χ4n) is 5.70. The molecular weight excluding hydrogens is 440 g/mol. The predicted octanol–water partition coefficient (Wildman–Crippen LogP) is 8.70. The van der Waals surface area contributed by atoms with Crippen LogP contribution in [0, 0.1) is 0 Å². The molecule has 0 radical (unpaired) electrons. The molecule has 7 rings (SSSR count). The molecule has 0 spiro atoms. The molecule has 7 aromatic carbocycles. The van der Waals surface area contributed by atoms with Crippen molar-refractivity contribution in [1.82, 2.24) is 0 Å². The van der Waals surface area contributed by atoms with E-state index in [2.05, 4.69) is 60.7 Å². The van der Waals surface area contributed by atoms with E-state index in [1.165, 1.54) is 43.1 Å². The molecule has 0 bridgehead atoms. The Morgan fingerprint density at radius 3 is 1.19 bits per heavy atom. The van der Waals surface area contributed by atoms with Gasteiger partial charge in [0.2, 0.25) is 0 Å². The Balaban J connectivity index is 1.67. The zero-order chi connectivity index (χ0) is 24.2. The van der Waals surface area contributed by atoms with Crippen LogP contribution in [-0.2, 0) is 0 Å². The average Bonchev–Trinajstić information content (AvgIpc) is 2.95. The van der Waals surface area contributed by atoms with E-state index in [0.29, 0.717) is 11.1 Å². The number of carbonyl (C=O) groups is 2. The molecule has 0 aliphatic heterocycles. The maximum absolute atomic E-state index is 11.2. The molecule has 0 unspecified atom stereocenters. The quantitative estimate of drug-likeness (QED) is 0.150. The van der Waals surface area contributed by atoms with Gasteiger partial charge in [0.15, 0.2) is 0 Å². The van der Waals surface area contributed by atoms with Crippen molar-refractivity contribution in [1.29, 1.82) is 0 Å². The van der Waals surface area contributed by atoms with Crippen molar-refractivity contribution >= 4 is 55.7 Å². The van der Waals surface area contributed by atoms with Gasteiger partial charge in [-0.15, -0.1) is 0 Å². The molecule has 168 valence electrons. The molecule has 2 nitrogen and oxygen atoms in total. The summed E-state index contributed by atoms with van der Waals surface area (Å²) >= 11 is 0. The maximum Gasteiger partial charge on any atom is 0.150 e. The van der Waals surface area contributed by atoms with Crippen LogP contribution in [-0.4, -0.2) is 12.6 Å². The Labute approximate surface area is 207 Å². The van der Waals surface area contributed by atoms with E-state index < -0.39 is 0 Å². The lowest BCUT2D eigenvalue weighted by Crippen LogP contribution is -1.92. The van der Waals surface area contributed by atoms with Crippen LogP contribution in [0.5, 0.6) is 0 Å². The van der Waals surface area contributed by atoms with Gasteiger partial charge in [-0.1, -0.05) is 109 Å². The fourth-order valence-corrected chi connectivity index (χ4v) is 5.70. The monoisotopic (exact) mass is 460 g/mol. The van der Waals surface area contributed by atoms with Gasteiger partial charge < -0.3 is 0 Å². The zero-order valence-electron chi connectivity index (χ0n) is 19.4. The molecule has 0 aromatic heterocycles. The number of benzene rings is 7. The Kier molecular flexibility index (Phi) is 4.49. The highest BCUT2D eigenvalue weighted by Crippen LogP contribution is 2.46. The molecule has 2 heteroatoms. The van der Waals surface area contributed by atoms with Crippen molar-refractivity contribution in [2.24, 2.45) is 0 Å². The third-order valence-corrected chi connectivity index (χ3v) is 7.35. The lowest BCUT2D eigenvalue weighted by molar-refractivity contribution is 0.111. The van der Waals surface area contributed by atoms with Gasteiger partial charge in [0.05, 0.1) is 0 Å². The molecular formula is C34H20O2. The van der Waals surface area contributed by atoms with Crippen LogP contribution in [0.15, 0.2) is 109 Å². The summed E-state index contributed by atoms with van der Waals surface area (Å²) in [5, 5.41) is 9.77. The van der Waals surface area contributed by atoms with E-state index in [1.807, 2.05) is 48.5 Å². The summed E-state index contributed by atoms with van der Waals surface area (Å²) in [5.74, 6) is 0. The van der Waals surface area contributed by atoms with Gasteiger partial charge in [-0.05, 0) is 65.3 Å². The number of aldehydes is 2. The zero-order valence-corrected chi connectivity index (χ0v) is 19.4. The predicted molar refractivity (Wildman–Crippen MR) is 149 cm³/mol. The molecule has 0 saturated carbocycles. The Bertz CT molecular complexity index is 1800. The number of rotatable bonds is 4. The average molecular weight is 461 g/mol. The second-order valence-electron chi connectivity index (χ2n) is 9.26. The van der Waals surface area contributed by atoms with Gasteiger partial charge in [0.1, 0.15) is 12.6 Å². The van der Waals surface area contributed by atoms with Crippen LogP contribution in [0.25, 0.3) is 65.3 Å². The van der Waals surface area contributed by atoms with Crippen LogP contribution >= 0.6 is 0 Å². The molecule has 7 aromatic rings. The van der Waals surface area contributed by atoms with Crippen LogP contribution in [0.1, 0.15) is 20.7 Å². The highest BCUT2D eigenvalue weighted by molar-refractivity contribution is 6.37. The van der Waals surface area contributed by atoms with Gasteiger partial charge >= 0.3 is 0 Å². The van der Waals surface area contributed by atoms with Crippen LogP contribution in [0.4, 0.5) is 0 Å². The second kappa shape index (κ2) is 7.86. The van der Waals surface area contributed by atoms with Crippen molar-refractivity contribution in [3.63, 3.8) is 0 Å². The van der Waals surface area contributed by atoms with E-state index in [0.717, 1.165) is 34.8 Å². The summed E-state index contributed by atoms with van der Waals surface area (Å²) in [6, 6.07) is 37.5. The Hall–Kier alpha value is -4.82. The summed E-state index contributed by atoms with van der Waals surface area (Å²) in [7, 11) is 0. The van der Waals surface area contributed by atoms with Crippen LogP contribution in [0.2, 0.25) is 0 Å². The Morgan fingerprint density at radius 2 is 0.806 bits per heavy atom. The Morgan fingerprint density at radius 1 is 0.389 bits per heavy atom. The lowest BCUT2D eigenvalue weighted by atomic mass is 9.83. The molecule has 0 aliphatic rings. The standard InChI is InChI=1S/C34H20O2/c35-19-21-7-11-23(12-8-21)27-18-16-26-4-2-6-30-32(26)33(27)29-5-1-3-25-15-17-28(34(30)31(25)29)24-13-9-22(20-36)10-14-24/h1-20H. The third kappa shape index (κ3) is 2.91. The number of carbonyl (C=O) groups excluding carboxylic acids is 2. The summed E-state index contributed by atoms with van der Waals surface area (Å²) in [4.78, 5) is 22.5. The van der Waals surface area contributed by atoms with Crippen molar-refractivity contribution in [2.45, 2.75) is 0 Å². The molecule has 0 atom stereocenters. The van der Waals surface area contributed by atoms with Gasteiger partial charge in [0, 0.05) is 11.1 Å². The van der Waals surface area contributed by atoms with Crippen molar-refractivity contribution in [2.75, 3.05) is 0 Å². The third-order valence-electron chi connectivity index (χ3n) is 7.35. The first-order valence-electron chi connectivity index (χ1n) is 12.0. The first-order valence-corrected chi connectivity index (χ1v) is 12.0. The molecule has 0 saturated heterocycles. The topological polar surface area (TPSA) is 34.1 Å². The van der Waals surface area contributed by atoms with Crippen molar-refractivity contribution in [3.8, 4) is 22.3 Å². The van der Waals surface area contributed by atoms with Gasteiger partial charge in [0.25, 0.3) is 0 Å². The summed E-state index contributed by atoms with van der Waals surface area (Å²) in [6.07, 6.45) is 1.76. The highest BCUT2D eigenvalue weighted by Gasteiger charge is 2.19. The van der Waals surface area contributed by atoms with Crippen molar-refractivity contribution in [3.05, 3.63) is 120 Å². The number of hydrogen-bond donors (Lipinski definition) is 0. The smallest absolute Gasteiger partial charge is 0.150 e. The molecule has 36 heavy (non-hydrogen) atoms. The van der Waals surface area contributed by atoms with Gasteiger partial charge in [-0.25, -0.2) is 0 Å². The SMILES string of the molecule is O=Cc1ccc(-c2ccc3cccc4c5c(-c6ccc(C=O)cc6)ccc6cccc(c2c34)c65)cc1. The van der Waals surface area contributed by atoms with Crippen molar-refractivity contribution < 1.29 is 9.59 Å². The minimum atomic E-state index is 0.673. The summed E-state index contributed by atoms with van der Waals surface area (Å²) in [5.41, 5.74) is 5.84. The fraction of sp³-hybridized carbons (Fsp3) is 0. The lowest BCUT2D eigenvalue weighted by Gasteiger charge is -2.19. The minimum Gasteiger partial charge on any atom is -0.298 e. The number of hydrogen-bond acceptors (Lipinski definition) is 2. The van der Waals surface area contributed by atoms with Crippen LogP contribution in [0.3, 0.4) is 0 Å². The van der Waals surface area contributed by atoms with E-state index in [1.54, 1.807) is 0 Å². The van der Waals surface area contributed by atoms with Crippen LogP contribution < -0.4 is 0 Å². The van der Waals surface area contributed by atoms with Gasteiger partial charge in [-0.3, -0.25) is 9.59 Å². The number of fused-ring (bicyclic) bond motifs is 2. The molecule has 0 aliphatic carbocycles. The maximum atomic E-state index is 11.2. The minimum absolute atomic E-state index is 0.673. The molecule has 0 heterocycles.